The van der Waals surface area contributed by atoms with E-state index in [0.29, 0.717) is 21.7 Å². The number of rotatable bonds is 5. The minimum Gasteiger partial charge on any atom is -0.454 e. The summed E-state index contributed by atoms with van der Waals surface area (Å²) in [6.07, 6.45) is 2.87. The van der Waals surface area contributed by atoms with E-state index in [4.69, 9.17) is 20.8 Å². The summed E-state index contributed by atoms with van der Waals surface area (Å²) in [4.78, 5) is 32.8. The number of nitrogens with zero attached hydrogens (tertiary/aromatic N) is 3. The lowest BCUT2D eigenvalue weighted by molar-refractivity contribution is -0.146. The Labute approximate surface area is 164 Å². The molecule has 7 nitrogen and oxygen atoms in total. The lowest BCUT2D eigenvalue weighted by Crippen LogP contribution is -2.25. The number of hydrogen-bond acceptors (Lipinski definition) is 6. The minimum atomic E-state index is -0.592. The maximum atomic E-state index is 12.4. The molecule has 4 rings (SSSR count). The Hall–Kier alpha value is -3.45. The molecule has 0 saturated heterocycles. The van der Waals surface area contributed by atoms with E-state index in [2.05, 4.69) is 9.97 Å². The number of halogens is 1. The van der Waals surface area contributed by atoms with Crippen molar-refractivity contribution in [3.8, 4) is 11.3 Å². The van der Waals surface area contributed by atoms with Gasteiger partial charge in [0.15, 0.2) is 12.4 Å². The van der Waals surface area contributed by atoms with Gasteiger partial charge in [-0.15, -0.1) is 0 Å². The van der Waals surface area contributed by atoms with Crippen molar-refractivity contribution in [3.63, 3.8) is 0 Å². The van der Waals surface area contributed by atoms with E-state index >= 15 is 0 Å². The summed E-state index contributed by atoms with van der Waals surface area (Å²) in [5, 5.41) is 1.06. The van der Waals surface area contributed by atoms with Crippen molar-refractivity contribution in [1.82, 2.24) is 14.5 Å². The highest BCUT2D eigenvalue weighted by Gasteiger charge is 2.12. The van der Waals surface area contributed by atoms with E-state index in [0.717, 1.165) is 5.56 Å². The SMILES string of the molecule is O=C(Cn1cnc2ccccc2c1=O)OCc1ncc(-c2ccc(Cl)cc2)o1. The van der Waals surface area contributed by atoms with E-state index in [1.165, 1.54) is 10.9 Å². The lowest BCUT2D eigenvalue weighted by Gasteiger charge is -2.06. The fourth-order valence-electron chi connectivity index (χ4n) is 2.67. The molecule has 8 heteroatoms. The summed E-state index contributed by atoms with van der Waals surface area (Å²) in [6.45, 7) is -0.385. The zero-order chi connectivity index (χ0) is 19.5. The Morgan fingerprint density at radius 1 is 1.11 bits per heavy atom. The number of oxazole rings is 1. The molecule has 2 heterocycles. The summed E-state index contributed by atoms with van der Waals surface area (Å²) in [5.74, 6) is 0.199. The molecule has 2 aromatic carbocycles. The average Bonchev–Trinajstić information content (AvgIpc) is 3.18. The van der Waals surface area contributed by atoms with Gasteiger partial charge < -0.3 is 9.15 Å². The fourth-order valence-corrected chi connectivity index (χ4v) is 2.80. The smallest absolute Gasteiger partial charge is 0.326 e. The van der Waals surface area contributed by atoms with Gasteiger partial charge >= 0.3 is 5.97 Å². The second-order valence-electron chi connectivity index (χ2n) is 5.98. The number of fused-ring (bicyclic) bond motifs is 1. The Morgan fingerprint density at radius 2 is 1.89 bits per heavy atom. The Kier molecular flexibility index (Phi) is 4.90. The zero-order valence-electron chi connectivity index (χ0n) is 14.5. The van der Waals surface area contributed by atoms with Gasteiger partial charge in [-0.2, -0.15) is 0 Å². The first-order chi connectivity index (χ1) is 13.6. The molecule has 0 unspecified atom stereocenters. The predicted molar refractivity (Wildman–Crippen MR) is 103 cm³/mol. The second-order valence-corrected chi connectivity index (χ2v) is 6.42. The highest BCUT2D eigenvalue weighted by atomic mass is 35.5. The van der Waals surface area contributed by atoms with E-state index in [-0.39, 0.29) is 24.6 Å². The molecule has 0 spiro atoms. The van der Waals surface area contributed by atoms with Gasteiger partial charge in [0.1, 0.15) is 6.54 Å². The average molecular weight is 396 g/mol. The van der Waals surface area contributed by atoms with Crippen molar-refractivity contribution in [3.05, 3.63) is 82.3 Å². The second kappa shape index (κ2) is 7.66. The van der Waals surface area contributed by atoms with Crippen LogP contribution in [-0.2, 0) is 22.7 Å². The van der Waals surface area contributed by atoms with Gasteiger partial charge in [0.25, 0.3) is 5.56 Å². The normalized spacial score (nSPS) is 10.9. The molecular weight excluding hydrogens is 382 g/mol. The molecule has 0 amide bonds. The molecule has 28 heavy (non-hydrogen) atoms. The highest BCUT2D eigenvalue weighted by Crippen LogP contribution is 2.22. The van der Waals surface area contributed by atoms with Crippen LogP contribution in [0.1, 0.15) is 5.89 Å². The zero-order valence-corrected chi connectivity index (χ0v) is 15.3. The number of para-hydroxylation sites is 1. The number of benzene rings is 2. The summed E-state index contributed by atoms with van der Waals surface area (Å²) in [6, 6.07) is 14.0. The highest BCUT2D eigenvalue weighted by molar-refractivity contribution is 6.30. The van der Waals surface area contributed by atoms with E-state index in [1.54, 1.807) is 54.7 Å². The van der Waals surface area contributed by atoms with Gasteiger partial charge in [-0.05, 0) is 36.4 Å². The third kappa shape index (κ3) is 3.79. The first-order valence-corrected chi connectivity index (χ1v) is 8.78. The molecule has 0 N–H and O–H groups in total. The van der Waals surface area contributed by atoms with Crippen LogP contribution in [0.2, 0.25) is 5.02 Å². The third-order valence-electron chi connectivity index (χ3n) is 4.07. The molecule has 0 aliphatic carbocycles. The Bertz CT molecular complexity index is 1200. The Balaban J connectivity index is 1.41. The number of hydrogen-bond donors (Lipinski definition) is 0. The number of carbonyl (C=O) groups excluding carboxylic acids is 1. The standard InChI is InChI=1S/C20H14ClN3O4/c21-14-7-5-13(6-8-14)17-9-22-18(28-17)11-27-19(25)10-24-12-23-16-4-2-1-3-15(16)20(24)26/h1-9,12H,10-11H2. The number of carbonyl (C=O) groups is 1. The monoisotopic (exact) mass is 395 g/mol. The van der Waals surface area contributed by atoms with Gasteiger partial charge in [-0.25, -0.2) is 9.97 Å². The first kappa shape index (κ1) is 17.9. The van der Waals surface area contributed by atoms with Gasteiger partial charge in [0.05, 0.1) is 23.4 Å². The Morgan fingerprint density at radius 3 is 2.71 bits per heavy atom. The van der Waals surface area contributed by atoms with Crippen molar-refractivity contribution >= 4 is 28.5 Å². The molecule has 0 aliphatic rings. The van der Waals surface area contributed by atoms with Crippen LogP contribution in [0, 0.1) is 0 Å². The maximum absolute atomic E-state index is 12.4. The molecule has 0 bridgehead atoms. The van der Waals surface area contributed by atoms with Crippen LogP contribution in [0.25, 0.3) is 22.2 Å². The molecule has 0 saturated carbocycles. The van der Waals surface area contributed by atoms with Gasteiger partial charge in [-0.3, -0.25) is 14.2 Å². The van der Waals surface area contributed by atoms with Crippen LogP contribution in [0.15, 0.2) is 70.3 Å². The van der Waals surface area contributed by atoms with Crippen molar-refractivity contribution in [1.29, 1.82) is 0 Å². The van der Waals surface area contributed by atoms with Crippen LogP contribution in [0.3, 0.4) is 0 Å². The van der Waals surface area contributed by atoms with Gasteiger partial charge in [0, 0.05) is 10.6 Å². The predicted octanol–water partition coefficient (Wildman–Crippen LogP) is 3.45. The third-order valence-corrected chi connectivity index (χ3v) is 4.32. The van der Waals surface area contributed by atoms with E-state index in [1.807, 2.05) is 0 Å². The van der Waals surface area contributed by atoms with Crippen molar-refractivity contribution < 1.29 is 13.9 Å². The summed E-state index contributed by atoms with van der Waals surface area (Å²) in [5.41, 5.74) is 1.08. The molecule has 2 aromatic heterocycles. The molecule has 140 valence electrons. The summed E-state index contributed by atoms with van der Waals surface area (Å²) < 4.78 is 12.0. The van der Waals surface area contributed by atoms with Crippen LogP contribution in [0.5, 0.6) is 0 Å². The van der Waals surface area contributed by atoms with E-state index < -0.39 is 5.97 Å². The van der Waals surface area contributed by atoms with Gasteiger partial charge in [-0.1, -0.05) is 23.7 Å². The molecule has 4 aromatic rings. The number of esters is 1. The summed E-state index contributed by atoms with van der Waals surface area (Å²) in [7, 11) is 0. The molecule has 0 aliphatic heterocycles. The van der Waals surface area contributed by atoms with Crippen LogP contribution < -0.4 is 5.56 Å². The van der Waals surface area contributed by atoms with Crippen LogP contribution in [0.4, 0.5) is 0 Å². The summed E-state index contributed by atoms with van der Waals surface area (Å²) >= 11 is 5.87. The molecule has 0 fully saturated rings. The van der Waals surface area contributed by atoms with Crippen molar-refractivity contribution in [2.45, 2.75) is 13.2 Å². The maximum Gasteiger partial charge on any atom is 0.326 e. The molecule has 0 radical (unpaired) electrons. The largest absolute Gasteiger partial charge is 0.454 e. The quantitative estimate of drug-likeness (QED) is 0.481. The van der Waals surface area contributed by atoms with Crippen molar-refractivity contribution in [2.75, 3.05) is 0 Å². The number of aromatic nitrogens is 3. The van der Waals surface area contributed by atoms with Crippen molar-refractivity contribution in [2.24, 2.45) is 0 Å². The fraction of sp³-hybridized carbons (Fsp3) is 0.100. The van der Waals surface area contributed by atoms with Gasteiger partial charge in [0.2, 0.25) is 5.89 Å². The minimum absolute atomic E-state index is 0.137. The molecule has 0 atom stereocenters. The van der Waals surface area contributed by atoms with Crippen LogP contribution >= 0.6 is 11.6 Å². The van der Waals surface area contributed by atoms with Crippen LogP contribution in [-0.4, -0.2) is 20.5 Å². The lowest BCUT2D eigenvalue weighted by atomic mass is 10.2. The first-order valence-electron chi connectivity index (χ1n) is 8.40. The van der Waals surface area contributed by atoms with E-state index in [9.17, 15) is 9.59 Å². The molecular formula is C20H14ClN3O4. The number of ether oxygens (including phenoxy) is 1. The topological polar surface area (TPSA) is 87.2 Å².